The van der Waals surface area contributed by atoms with E-state index in [1.807, 2.05) is 48.5 Å². The van der Waals surface area contributed by atoms with Gasteiger partial charge >= 0.3 is 0 Å². The molecule has 7 heteroatoms. The fourth-order valence-electron chi connectivity index (χ4n) is 5.96. The maximum Gasteiger partial charge on any atom is 0.137 e. The third-order valence-corrected chi connectivity index (χ3v) is 7.57. The second-order valence-corrected chi connectivity index (χ2v) is 9.10. The van der Waals surface area contributed by atoms with Crippen LogP contribution in [0.2, 0.25) is 0 Å². The van der Waals surface area contributed by atoms with Gasteiger partial charge in [0.05, 0.1) is 17.6 Å². The van der Waals surface area contributed by atoms with E-state index in [-0.39, 0.29) is 30.5 Å². The van der Waals surface area contributed by atoms with Crippen molar-refractivity contribution in [3.63, 3.8) is 0 Å². The highest BCUT2D eigenvalue weighted by molar-refractivity contribution is 6.09. The van der Waals surface area contributed by atoms with Crippen LogP contribution in [0.1, 0.15) is 12.0 Å². The van der Waals surface area contributed by atoms with Gasteiger partial charge in [-0.15, -0.1) is 0 Å². The van der Waals surface area contributed by atoms with E-state index in [9.17, 15) is 15.3 Å². The summed E-state index contributed by atoms with van der Waals surface area (Å²) >= 11 is 0. The third-order valence-electron chi connectivity index (χ3n) is 7.57. The third kappa shape index (κ3) is 2.71. The maximum atomic E-state index is 11.0. The average Bonchev–Trinajstić information content (AvgIpc) is 3.37. The van der Waals surface area contributed by atoms with Gasteiger partial charge in [-0.1, -0.05) is 48.5 Å². The van der Waals surface area contributed by atoms with Gasteiger partial charge in [0.2, 0.25) is 0 Å². The Morgan fingerprint density at radius 3 is 2.44 bits per heavy atom. The summed E-state index contributed by atoms with van der Waals surface area (Å²) in [5.41, 5.74) is 2.48. The van der Waals surface area contributed by atoms with E-state index in [0.717, 1.165) is 29.1 Å². The zero-order chi connectivity index (χ0) is 21.9. The molecule has 0 spiro atoms. The summed E-state index contributed by atoms with van der Waals surface area (Å²) in [4.78, 5) is 11.5. The van der Waals surface area contributed by atoms with Gasteiger partial charge in [-0.25, -0.2) is 9.98 Å². The molecule has 7 atom stereocenters. The number of aliphatic hydroxyl groups excluding tert-OH is 3. The van der Waals surface area contributed by atoms with Gasteiger partial charge in [0.1, 0.15) is 24.4 Å². The lowest BCUT2D eigenvalue weighted by Crippen LogP contribution is -2.51. The Morgan fingerprint density at radius 2 is 1.75 bits per heavy atom. The Labute approximate surface area is 186 Å². The average molecular weight is 431 g/mol. The van der Waals surface area contributed by atoms with Gasteiger partial charge in [0, 0.05) is 24.4 Å². The molecule has 0 radical (unpaired) electrons. The molecular formula is C25H26N4O3. The fraction of sp³-hybridized carbons (Fsp3) is 0.360. The molecule has 2 aliphatic heterocycles. The molecule has 0 amide bonds. The zero-order valence-corrected chi connectivity index (χ0v) is 17.5. The predicted octanol–water partition coefficient (Wildman–Crippen LogP) is 1.94. The van der Waals surface area contributed by atoms with Crippen molar-refractivity contribution in [1.29, 1.82) is 0 Å². The number of aliphatic imine (C=N–C) groups is 2. The first-order valence-electron chi connectivity index (χ1n) is 11.1. The Balaban J connectivity index is 1.41. The van der Waals surface area contributed by atoms with Crippen molar-refractivity contribution in [3.8, 4) is 0 Å². The topological polar surface area (TPSA) is 101 Å². The molecule has 0 bridgehead atoms. The van der Waals surface area contributed by atoms with Crippen molar-refractivity contribution >= 4 is 23.4 Å². The highest BCUT2D eigenvalue weighted by Gasteiger charge is 2.74. The molecule has 32 heavy (non-hydrogen) atoms. The zero-order valence-electron chi connectivity index (χ0n) is 17.5. The second kappa shape index (κ2) is 7.27. The SMILES string of the molecule is OC[C@@H]1[C@H](O)[C@H](O)[C@@]2(N3C=C(c4ccccc4)C4C(Nc5ccccc5)=NC=NC43)C[C@@H]12. The van der Waals surface area contributed by atoms with Gasteiger partial charge in [-0.05, 0) is 35.6 Å². The fourth-order valence-corrected chi connectivity index (χ4v) is 5.96. The Morgan fingerprint density at radius 1 is 1.03 bits per heavy atom. The number of anilines is 1. The standard InChI is InChI=1S/C25H26N4O3/c30-13-18-19-11-25(19,22(32)21(18)31)29-12-17(15-7-3-1-4-8-15)20-23(26-14-27-24(20)29)28-16-9-5-2-6-10-16/h1-10,12,14,18-22,24,30-32H,11,13H2,(H,26,27,28)/t18-,19-,20?,21-,22-,24?,25+/m0/s1. The quantitative estimate of drug-likeness (QED) is 0.594. The molecular weight excluding hydrogens is 404 g/mol. The minimum Gasteiger partial charge on any atom is -0.396 e. The predicted molar refractivity (Wildman–Crippen MR) is 123 cm³/mol. The number of nitrogens with zero attached hydrogens (tertiary/aromatic N) is 3. The lowest BCUT2D eigenvalue weighted by atomic mass is 9.91. The highest BCUT2D eigenvalue weighted by atomic mass is 16.3. The first-order chi connectivity index (χ1) is 15.6. The summed E-state index contributed by atoms with van der Waals surface area (Å²) < 4.78 is 0. The summed E-state index contributed by atoms with van der Waals surface area (Å²) in [6.45, 7) is -0.132. The van der Waals surface area contributed by atoms with Crippen LogP contribution in [0.4, 0.5) is 5.69 Å². The molecule has 164 valence electrons. The summed E-state index contributed by atoms with van der Waals surface area (Å²) in [7, 11) is 0. The molecule has 2 aromatic rings. The van der Waals surface area contributed by atoms with E-state index >= 15 is 0 Å². The van der Waals surface area contributed by atoms with Crippen LogP contribution in [0.15, 0.2) is 76.8 Å². The monoisotopic (exact) mass is 430 g/mol. The molecule has 4 N–H and O–H groups in total. The summed E-state index contributed by atoms with van der Waals surface area (Å²) in [6.07, 6.45) is 2.25. The van der Waals surface area contributed by atoms with Gasteiger partial charge in [-0.2, -0.15) is 0 Å². The molecule has 2 fully saturated rings. The van der Waals surface area contributed by atoms with Gasteiger partial charge in [0.25, 0.3) is 0 Å². The van der Waals surface area contributed by atoms with Gasteiger partial charge in [0.15, 0.2) is 0 Å². The molecule has 4 aliphatic rings. The molecule has 2 heterocycles. The van der Waals surface area contributed by atoms with Crippen LogP contribution in [0, 0.1) is 17.8 Å². The van der Waals surface area contributed by atoms with Gasteiger partial charge in [-0.3, -0.25) is 0 Å². The van der Waals surface area contributed by atoms with Crippen LogP contribution in [0.5, 0.6) is 0 Å². The van der Waals surface area contributed by atoms with Crippen LogP contribution in [-0.2, 0) is 0 Å². The molecule has 2 saturated carbocycles. The summed E-state index contributed by atoms with van der Waals surface area (Å²) in [5.74, 6) is 0.370. The molecule has 2 aliphatic carbocycles. The van der Waals surface area contributed by atoms with Crippen molar-refractivity contribution < 1.29 is 15.3 Å². The van der Waals surface area contributed by atoms with Crippen molar-refractivity contribution in [1.82, 2.24) is 4.90 Å². The van der Waals surface area contributed by atoms with Crippen LogP contribution in [0.3, 0.4) is 0 Å². The van der Waals surface area contributed by atoms with Gasteiger partial charge < -0.3 is 25.5 Å². The van der Waals surface area contributed by atoms with Crippen molar-refractivity contribution in [2.24, 2.45) is 27.7 Å². The van der Waals surface area contributed by atoms with Crippen molar-refractivity contribution in [2.75, 3.05) is 11.9 Å². The highest BCUT2D eigenvalue weighted by Crippen LogP contribution is 2.64. The van der Waals surface area contributed by atoms with Crippen molar-refractivity contribution in [3.05, 3.63) is 72.4 Å². The Bertz CT molecular complexity index is 1100. The van der Waals surface area contributed by atoms with E-state index in [4.69, 9.17) is 4.99 Å². The van der Waals surface area contributed by atoms with Crippen LogP contribution >= 0.6 is 0 Å². The normalized spacial score (nSPS) is 36.9. The molecule has 6 rings (SSSR count). The van der Waals surface area contributed by atoms with E-state index in [2.05, 4.69) is 33.5 Å². The lowest BCUT2D eigenvalue weighted by Gasteiger charge is -2.37. The first-order valence-corrected chi connectivity index (χ1v) is 11.1. The number of nitrogens with one attached hydrogen (secondary N) is 1. The summed E-state index contributed by atoms with van der Waals surface area (Å²) in [5, 5.41) is 34.9. The number of para-hydroxylation sites is 1. The number of benzene rings is 2. The van der Waals surface area contributed by atoms with E-state index < -0.39 is 17.7 Å². The number of hydrogen-bond acceptors (Lipinski definition) is 7. The van der Waals surface area contributed by atoms with Crippen LogP contribution in [-0.4, -0.2) is 62.9 Å². The largest absolute Gasteiger partial charge is 0.396 e. The van der Waals surface area contributed by atoms with Crippen molar-refractivity contribution in [2.45, 2.75) is 30.3 Å². The lowest BCUT2D eigenvalue weighted by molar-refractivity contribution is -0.0415. The number of amidine groups is 1. The number of hydrogen-bond donors (Lipinski definition) is 4. The molecule has 0 saturated heterocycles. The number of aliphatic hydroxyl groups is 3. The van der Waals surface area contributed by atoms with Crippen LogP contribution < -0.4 is 5.32 Å². The van der Waals surface area contributed by atoms with Crippen LogP contribution in [0.25, 0.3) is 5.57 Å². The first kappa shape index (κ1) is 19.7. The maximum absolute atomic E-state index is 11.0. The molecule has 2 aromatic carbocycles. The second-order valence-electron chi connectivity index (χ2n) is 9.10. The smallest absolute Gasteiger partial charge is 0.137 e. The van der Waals surface area contributed by atoms with E-state index in [1.54, 1.807) is 6.34 Å². The Hall–Kier alpha value is -3.00. The summed E-state index contributed by atoms with van der Waals surface area (Å²) in [6, 6.07) is 20.1. The Kier molecular flexibility index (Phi) is 4.47. The number of fused-ring (bicyclic) bond motifs is 2. The minimum atomic E-state index is -0.936. The minimum absolute atomic E-state index is 0.0316. The molecule has 2 unspecified atom stereocenters. The number of rotatable bonds is 4. The molecule has 7 nitrogen and oxygen atoms in total. The van der Waals surface area contributed by atoms with E-state index in [0.29, 0.717) is 0 Å². The van der Waals surface area contributed by atoms with E-state index in [1.165, 1.54) is 0 Å². The molecule has 0 aromatic heterocycles.